The minimum Gasteiger partial charge on any atom is -0.378 e. The summed E-state index contributed by atoms with van der Waals surface area (Å²) in [6.45, 7) is 1.77. The van der Waals surface area contributed by atoms with Crippen molar-refractivity contribution in [3.8, 4) is 11.3 Å². The van der Waals surface area contributed by atoms with E-state index in [0.717, 1.165) is 28.8 Å². The zero-order valence-electron chi connectivity index (χ0n) is 19.9. The molecule has 2 aliphatic rings. The number of ether oxygens (including phenoxy) is 1. The minimum absolute atomic E-state index is 0.0527. The van der Waals surface area contributed by atoms with Gasteiger partial charge in [0.05, 0.1) is 44.4 Å². The van der Waals surface area contributed by atoms with Gasteiger partial charge in [0, 0.05) is 25.2 Å². The molecule has 13 heteroatoms. The minimum atomic E-state index is -2.46. The normalized spacial score (nSPS) is 18.1. The van der Waals surface area contributed by atoms with E-state index in [9.17, 15) is 13.2 Å². The lowest BCUT2D eigenvalue weighted by molar-refractivity contribution is -0.126. The lowest BCUT2D eigenvalue weighted by atomic mass is 10.0. The first-order valence-corrected chi connectivity index (χ1v) is 11.8. The number of fused-ring (bicyclic) bond motifs is 2. The number of nitrogens with zero attached hydrogens (tertiary/aromatic N) is 7. The van der Waals surface area contributed by atoms with Crippen LogP contribution >= 0.6 is 0 Å². The molecule has 192 valence electrons. The monoisotopic (exact) mass is 503 g/mol. The van der Waals surface area contributed by atoms with Gasteiger partial charge in [0.15, 0.2) is 11.5 Å². The van der Waals surface area contributed by atoms with E-state index >= 15 is 0 Å². The van der Waals surface area contributed by atoms with Crippen LogP contribution in [0.4, 0.5) is 24.9 Å². The summed E-state index contributed by atoms with van der Waals surface area (Å²) in [5, 5.41) is 7.20. The molecule has 2 saturated heterocycles. The van der Waals surface area contributed by atoms with Crippen molar-refractivity contribution in [2.75, 3.05) is 51.1 Å². The van der Waals surface area contributed by atoms with Crippen molar-refractivity contribution in [3.63, 3.8) is 0 Å². The largest absolute Gasteiger partial charge is 0.378 e. The van der Waals surface area contributed by atoms with E-state index in [2.05, 4.69) is 25.4 Å². The summed E-state index contributed by atoms with van der Waals surface area (Å²) in [6.07, 6.45) is 4.07. The molecule has 0 bridgehead atoms. The molecule has 6 rings (SSSR count). The molecule has 0 atom stereocenters. The van der Waals surface area contributed by atoms with Crippen LogP contribution < -0.4 is 11.1 Å². The SMILES string of the molecule is CNc1nc(N)nn2ccc(-c3ccc4ncn(CCF)c4n3)c12.FC1(F)CCCN(C2COC2)C1. The van der Waals surface area contributed by atoms with Gasteiger partial charge in [-0.15, -0.1) is 5.10 Å². The Balaban J connectivity index is 0.000000186. The van der Waals surface area contributed by atoms with Gasteiger partial charge >= 0.3 is 0 Å². The molecule has 4 aromatic heterocycles. The number of nitrogens with one attached hydrogen (secondary N) is 1. The average Bonchev–Trinajstić information content (AvgIpc) is 3.41. The quantitative estimate of drug-likeness (QED) is 0.428. The van der Waals surface area contributed by atoms with Crippen molar-refractivity contribution in [3.05, 3.63) is 30.7 Å². The maximum absolute atomic E-state index is 12.9. The summed E-state index contributed by atoms with van der Waals surface area (Å²) in [7, 11) is 1.77. The predicted molar refractivity (Wildman–Crippen MR) is 130 cm³/mol. The maximum Gasteiger partial charge on any atom is 0.260 e. The Morgan fingerprint density at radius 3 is 2.75 bits per heavy atom. The number of rotatable bonds is 5. The van der Waals surface area contributed by atoms with Crippen molar-refractivity contribution < 1.29 is 17.9 Å². The van der Waals surface area contributed by atoms with Gasteiger partial charge in [-0.05, 0) is 31.2 Å². The third-order valence-corrected chi connectivity index (χ3v) is 6.39. The zero-order valence-corrected chi connectivity index (χ0v) is 19.9. The van der Waals surface area contributed by atoms with E-state index in [-0.39, 0.29) is 31.5 Å². The summed E-state index contributed by atoms with van der Waals surface area (Å²) >= 11 is 0. The van der Waals surface area contributed by atoms with E-state index < -0.39 is 12.6 Å². The molecule has 2 aliphatic heterocycles. The van der Waals surface area contributed by atoms with Crippen LogP contribution in [-0.2, 0) is 11.3 Å². The predicted octanol–water partition coefficient (Wildman–Crippen LogP) is 2.85. The number of hydrogen-bond acceptors (Lipinski definition) is 8. The molecular weight excluding hydrogens is 475 g/mol. The number of likely N-dealkylation sites (tertiary alicyclic amines) is 1. The molecule has 0 aliphatic carbocycles. The number of hydrogen-bond donors (Lipinski definition) is 2. The fraction of sp³-hybridized carbons (Fsp3) is 0.478. The van der Waals surface area contributed by atoms with Crippen molar-refractivity contribution in [1.29, 1.82) is 0 Å². The van der Waals surface area contributed by atoms with Gasteiger partial charge in [0.2, 0.25) is 5.95 Å². The van der Waals surface area contributed by atoms with Gasteiger partial charge in [0.25, 0.3) is 5.92 Å². The fourth-order valence-electron chi connectivity index (χ4n) is 4.51. The van der Waals surface area contributed by atoms with Gasteiger partial charge in [-0.25, -0.2) is 27.7 Å². The number of halogens is 3. The smallest absolute Gasteiger partial charge is 0.260 e. The van der Waals surface area contributed by atoms with Gasteiger partial charge in [0.1, 0.15) is 17.7 Å². The number of piperidine rings is 1. The second kappa shape index (κ2) is 9.90. The third kappa shape index (κ3) is 4.80. The Labute approximate surface area is 205 Å². The van der Waals surface area contributed by atoms with Crippen LogP contribution in [0.25, 0.3) is 27.9 Å². The highest BCUT2D eigenvalue weighted by molar-refractivity contribution is 5.89. The van der Waals surface area contributed by atoms with Gasteiger partial charge in [-0.3, -0.25) is 4.90 Å². The van der Waals surface area contributed by atoms with Gasteiger partial charge in [-0.1, -0.05) is 0 Å². The van der Waals surface area contributed by atoms with Crippen LogP contribution in [0.3, 0.4) is 0 Å². The molecule has 6 heterocycles. The number of nitrogen functional groups attached to an aromatic ring is 1. The molecule has 4 aromatic rings. The Morgan fingerprint density at radius 2 is 2.06 bits per heavy atom. The van der Waals surface area contributed by atoms with E-state index in [1.165, 1.54) is 0 Å². The summed E-state index contributed by atoms with van der Waals surface area (Å²) in [5.41, 5.74) is 9.45. The molecule has 0 spiro atoms. The van der Waals surface area contributed by atoms with E-state index in [4.69, 9.17) is 10.5 Å². The first kappa shape index (κ1) is 24.3. The Bertz CT molecular complexity index is 1350. The van der Waals surface area contributed by atoms with E-state index in [0.29, 0.717) is 31.1 Å². The Hall–Kier alpha value is -3.45. The number of nitrogens with two attached hydrogens (primary N) is 1. The number of anilines is 2. The highest BCUT2D eigenvalue weighted by Gasteiger charge is 2.39. The Kier molecular flexibility index (Phi) is 6.67. The van der Waals surface area contributed by atoms with E-state index in [1.807, 2.05) is 23.1 Å². The summed E-state index contributed by atoms with van der Waals surface area (Å²) in [4.78, 5) is 15.0. The summed E-state index contributed by atoms with van der Waals surface area (Å²) < 4.78 is 46.8. The molecule has 2 fully saturated rings. The first-order valence-electron chi connectivity index (χ1n) is 11.8. The van der Waals surface area contributed by atoms with Gasteiger partial charge < -0.3 is 20.4 Å². The molecule has 0 aromatic carbocycles. The van der Waals surface area contributed by atoms with Crippen LogP contribution in [-0.4, -0.2) is 86.0 Å². The number of alkyl halides is 3. The molecule has 0 unspecified atom stereocenters. The van der Waals surface area contributed by atoms with Crippen LogP contribution in [0.5, 0.6) is 0 Å². The van der Waals surface area contributed by atoms with Crippen molar-refractivity contribution in [2.45, 2.75) is 31.4 Å². The molecule has 0 saturated carbocycles. The standard InChI is InChI=1S/C15H15FN8.C8H13F2NO/c1-18-13-12-9(4-6-24(12)22-15(17)21-13)10-2-3-11-14(20-10)23(7-5-16)8-19-11;9-8(10)2-1-3-11(6-8)7-4-12-5-7/h2-4,6,8H,5,7H2,1H3,(H3,17,18,21,22);7H,1-6H2. The number of imidazole rings is 1. The molecule has 36 heavy (non-hydrogen) atoms. The van der Waals surface area contributed by atoms with Gasteiger partial charge in [-0.2, -0.15) is 4.98 Å². The van der Waals surface area contributed by atoms with Crippen LogP contribution in [0.1, 0.15) is 12.8 Å². The molecule has 3 N–H and O–H groups in total. The van der Waals surface area contributed by atoms with Crippen LogP contribution in [0.2, 0.25) is 0 Å². The Morgan fingerprint density at radius 1 is 1.22 bits per heavy atom. The number of aromatic nitrogens is 6. The molecule has 10 nitrogen and oxygen atoms in total. The van der Waals surface area contributed by atoms with Crippen LogP contribution in [0, 0.1) is 0 Å². The van der Waals surface area contributed by atoms with E-state index in [1.54, 1.807) is 28.7 Å². The zero-order chi connectivity index (χ0) is 25.3. The van der Waals surface area contributed by atoms with Crippen molar-refractivity contribution >= 4 is 28.4 Å². The highest BCUT2D eigenvalue weighted by Crippen LogP contribution is 2.30. The fourth-order valence-corrected chi connectivity index (χ4v) is 4.51. The second-order valence-electron chi connectivity index (χ2n) is 8.88. The van der Waals surface area contributed by atoms with Crippen LogP contribution in [0.15, 0.2) is 30.7 Å². The second-order valence-corrected chi connectivity index (χ2v) is 8.88. The first-order chi connectivity index (χ1) is 17.4. The third-order valence-electron chi connectivity index (χ3n) is 6.39. The topological polar surface area (TPSA) is 111 Å². The van der Waals surface area contributed by atoms with Crippen molar-refractivity contribution in [2.24, 2.45) is 0 Å². The average molecular weight is 504 g/mol. The molecule has 0 amide bonds. The lowest BCUT2D eigenvalue weighted by Crippen LogP contribution is -2.55. The molecular formula is C23H28F3N9O. The molecule has 0 radical (unpaired) electrons. The number of aryl methyl sites for hydroxylation is 1. The number of pyridine rings is 1. The maximum atomic E-state index is 12.9. The van der Waals surface area contributed by atoms with Crippen molar-refractivity contribution in [1.82, 2.24) is 34.0 Å². The lowest BCUT2D eigenvalue weighted by Gasteiger charge is -2.41. The summed E-state index contributed by atoms with van der Waals surface area (Å²) in [6, 6.07) is 5.90. The summed E-state index contributed by atoms with van der Waals surface area (Å²) in [5.74, 6) is -1.67. The highest BCUT2D eigenvalue weighted by atomic mass is 19.3.